The largest absolute Gasteiger partial charge is 0.351 e. The Morgan fingerprint density at radius 3 is 2.78 bits per heavy atom. The zero-order valence-electron chi connectivity index (χ0n) is 10.7. The Balaban J connectivity index is 1.92. The first-order valence-corrected chi connectivity index (χ1v) is 7.29. The van der Waals surface area contributed by atoms with E-state index in [0.717, 1.165) is 23.1 Å². The van der Waals surface area contributed by atoms with E-state index >= 15 is 0 Å². The fourth-order valence-corrected chi connectivity index (χ4v) is 2.93. The molecule has 1 fully saturated rings. The van der Waals surface area contributed by atoms with Gasteiger partial charge in [0, 0.05) is 5.54 Å². The predicted octanol–water partition coefficient (Wildman–Crippen LogP) is 3.23. The zero-order valence-corrected chi connectivity index (χ0v) is 12.3. The lowest BCUT2D eigenvalue weighted by molar-refractivity contribution is -0.122. The monoisotopic (exact) mass is 310 g/mol. The first-order valence-electron chi connectivity index (χ1n) is 6.50. The molecule has 3 nitrogen and oxygen atoms in total. The highest BCUT2D eigenvalue weighted by Gasteiger charge is 2.28. The van der Waals surface area contributed by atoms with Crippen molar-refractivity contribution in [1.29, 1.82) is 0 Å². The van der Waals surface area contributed by atoms with Gasteiger partial charge in [-0.25, -0.2) is 4.98 Å². The van der Waals surface area contributed by atoms with Crippen LogP contribution < -0.4 is 5.32 Å². The fraction of sp³-hybridized carbons (Fsp3) is 0.571. The van der Waals surface area contributed by atoms with Crippen molar-refractivity contribution in [3.63, 3.8) is 0 Å². The summed E-state index contributed by atoms with van der Waals surface area (Å²) in [4.78, 5) is 16.3. The minimum atomic E-state index is -0.0126. The van der Waals surface area contributed by atoms with Gasteiger partial charge >= 0.3 is 0 Å². The number of hydrogen-bond acceptors (Lipinski definition) is 2. The molecule has 1 saturated carbocycles. The van der Waals surface area contributed by atoms with E-state index in [0.29, 0.717) is 6.42 Å². The highest BCUT2D eigenvalue weighted by molar-refractivity contribution is 9.10. The Labute approximate surface area is 117 Å². The van der Waals surface area contributed by atoms with E-state index in [1.807, 2.05) is 18.2 Å². The number of rotatable bonds is 3. The van der Waals surface area contributed by atoms with Crippen molar-refractivity contribution in [2.24, 2.45) is 0 Å². The average Bonchev–Trinajstić information content (AvgIpc) is 2.28. The van der Waals surface area contributed by atoms with Crippen molar-refractivity contribution in [2.45, 2.75) is 51.0 Å². The number of amides is 1. The molecule has 4 heteroatoms. The minimum absolute atomic E-state index is 0.0126. The molecule has 0 aromatic carbocycles. The third-order valence-corrected chi connectivity index (χ3v) is 3.95. The van der Waals surface area contributed by atoms with Crippen molar-refractivity contribution in [3.8, 4) is 0 Å². The van der Waals surface area contributed by atoms with E-state index in [1.165, 1.54) is 19.3 Å². The van der Waals surface area contributed by atoms with Gasteiger partial charge in [-0.1, -0.05) is 25.3 Å². The molecule has 1 aromatic heterocycles. The molecule has 0 unspecified atom stereocenters. The van der Waals surface area contributed by atoms with Crippen LogP contribution in [-0.2, 0) is 11.2 Å². The van der Waals surface area contributed by atoms with Crippen molar-refractivity contribution in [3.05, 3.63) is 28.5 Å². The molecule has 0 aliphatic heterocycles. The Kier molecular flexibility index (Phi) is 4.38. The first-order chi connectivity index (χ1) is 8.57. The van der Waals surface area contributed by atoms with Crippen LogP contribution in [0.25, 0.3) is 0 Å². The number of nitrogens with one attached hydrogen (secondary N) is 1. The maximum Gasteiger partial charge on any atom is 0.226 e. The highest BCUT2D eigenvalue weighted by Crippen LogP contribution is 2.27. The van der Waals surface area contributed by atoms with E-state index in [1.54, 1.807) is 0 Å². The zero-order chi connectivity index (χ0) is 13.0. The molecular weight excluding hydrogens is 292 g/mol. The molecular formula is C14H19BrN2O. The number of pyridine rings is 1. The molecule has 0 bridgehead atoms. The second-order valence-corrected chi connectivity index (χ2v) is 6.11. The molecule has 0 atom stereocenters. The number of nitrogens with zero attached hydrogens (tertiary/aromatic N) is 1. The molecule has 1 aliphatic rings. The summed E-state index contributed by atoms with van der Waals surface area (Å²) in [7, 11) is 0. The summed E-state index contributed by atoms with van der Waals surface area (Å²) in [5.74, 6) is 0.0741. The van der Waals surface area contributed by atoms with Gasteiger partial charge in [0.1, 0.15) is 4.60 Å². The second kappa shape index (κ2) is 5.83. The summed E-state index contributed by atoms with van der Waals surface area (Å²) in [5, 5.41) is 3.17. The molecule has 18 heavy (non-hydrogen) atoms. The molecule has 2 rings (SSSR count). The standard InChI is InChI=1S/C14H19BrN2O/c1-14(8-3-2-4-9-14)17-13(18)10-11-6-5-7-12(15)16-11/h5-7H,2-4,8-10H2,1H3,(H,17,18). The molecule has 1 heterocycles. The predicted molar refractivity (Wildman–Crippen MR) is 75.3 cm³/mol. The lowest BCUT2D eigenvalue weighted by Crippen LogP contribution is -2.47. The van der Waals surface area contributed by atoms with Gasteiger partial charge in [-0.3, -0.25) is 4.79 Å². The minimum Gasteiger partial charge on any atom is -0.351 e. The molecule has 0 spiro atoms. The van der Waals surface area contributed by atoms with Gasteiger partial charge in [-0.15, -0.1) is 0 Å². The number of carbonyl (C=O) groups is 1. The molecule has 1 aliphatic carbocycles. The first kappa shape index (κ1) is 13.5. The summed E-state index contributed by atoms with van der Waals surface area (Å²) in [6.07, 6.45) is 6.25. The third-order valence-electron chi connectivity index (χ3n) is 3.51. The topological polar surface area (TPSA) is 42.0 Å². The number of aromatic nitrogens is 1. The molecule has 98 valence electrons. The van der Waals surface area contributed by atoms with Gasteiger partial charge in [0.05, 0.1) is 12.1 Å². The second-order valence-electron chi connectivity index (χ2n) is 5.30. The summed E-state index contributed by atoms with van der Waals surface area (Å²) >= 11 is 3.32. The van der Waals surface area contributed by atoms with Crippen molar-refractivity contribution in [1.82, 2.24) is 10.3 Å². The van der Waals surface area contributed by atoms with Crippen LogP contribution in [-0.4, -0.2) is 16.4 Å². The van der Waals surface area contributed by atoms with E-state index in [2.05, 4.69) is 33.2 Å². The Hall–Kier alpha value is -0.900. The summed E-state index contributed by atoms with van der Waals surface area (Å²) in [6, 6.07) is 5.65. The number of hydrogen-bond donors (Lipinski definition) is 1. The van der Waals surface area contributed by atoms with Crippen LogP contribution in [0.3, 0.4) is 0 Å². The number of carbonyl (C=O) groups excluding carboxylic acids is 1. The Morgan fingerprint density at radius 2 is 2.11 bits per heavy atom. The molecule has 0 saturated heterocycles. The number of halogens is 1. The summed E-state index contributed by atoms with van der Waals surface area (Å²) < 4.78 is 0.775. The van der Waals surface area contributed by atoms with Gasteiger partial charge in [0.2, 0.25) is 5.91 Å². The summed E-state index contributed by atoms with van der Waals surface area (Å²) in [5.41, 5.74) is 0.794. The quantitative estimate of drug-likeness (QED) is 0.871. The fourth-order valence-electron chi connectivity index (χ4n) is 2.55. The van der Waals surface area contributed by atoms with Gasteiger partial charge in [0.25, 0.3) is 0 Å². The van der Waals surface area contributed by atoms with Crippen molar-refractivity contribution < 1.29 is 4.79 Å². The van der Waals surface area contributed by atoms with Crippen LogP contribution in [0.15, 0.2) is 22.8 Å². The van der Waals surface area contributed by atoms with E-state index < -0.39 is 0 Å². The highest BCUT2D eigenvalue weighted by atomic mass is 79.9. The van der Waals surface area contributed by atoms with Crippen molar-refractivity contribution in [2.75, 3.05) is 0 Å². The Bertz CT molecular complexity index is 428. The van der Waals surface area contributed by atoms with E-state index in [4.69, 9.17) is 0 Å². The lowest BCUT2D eigenvalue weighted by Gasteiger charge is -2.34. The average molecular weight is 311 g/mol. The maximum atomic E-state index is 12.0. The molecule has 1 aromatic rings. The molecule has 1 N–H and O–H groups in total. The Morgan fingerprint density at radius 1 is 1.39 bits per heavy atom. The van der Waals surface area contributed by atoms with Crippen molar-refractivity contribution >= 4 is 21.8 Å². The smallest absolute Gasteiger partial charge is 0.226 e. The third kappa shape index (κ3) is 3.80. The van der Waals surface area contributed by atoms with Crippen LogP contribution in [0.4, 0.5) is 0 Å². The molecule has 0 radical (unpaired) electrons. The van der Waals surface area contributed by atoms with Crippen LogP contribution in [0.5, 0.6) is 0 Å². The summed E-state index contributed by atoms with van der Waals surface area (Å²) in [6.45, 7) is 2.15. The van der Waals surface area contributed by atoms with Crippen LogP contribution in [0.1, 0.15) is 44.7 Å². The van der Waals surface area contributed by atoms with E-state index in [9.17, 15) is 4.79 Å². The molecule has 1 amide bonds. The van der Waals surface area contributed by atoms with Gasteiger partial charge < -0.3 is 5.32 Å². The van der Waals surface area contributed by atoms with Crippen LogP contribution >= 0.6 is 15.9 Å². The SMILES string of the molecule is CC1(NC(=O)Cc2cccc(Br)n2)CCCCC1. The maximum absolute atomic E-state index is 12.0. The van der Waals surface area contributed by atoms with Crippen LogP contribution in [0, 0.1) is 0 Å². The lowest BCUT2D eigenvalue weighted by atomic mass is 9.83. The van der Waals surface area contributed by atoms with Gasteiger partial charge in [-0.05, 0) is 47.8 Å². The van der Waals surface area contributed by atoms with Gasteiger partial charge in [-0.2, -0.15) is 0 Å². The van der Waals surface area contributed by atoms with Gasteiger partial charge in [0.15, 0.2) is 0 Å². The van der Waals surface area contributed by atoms with E-state index in [-0.39, 0.29) is 11.4 Å². The van der Waals surface area contributed by atoms with Crippen LogP contribution in [0.2, 0.25) is 0 Å². The normalized spacial score (nSPS) is 18.3.